The van der Waals surface area contributed by atoms with Gasteiger partial charge in [-0.3, -0.25) is 0 Å². The highest BCUT2D eigenvalue weighted by Gasteiger charge is 2.38. The van der Waals surface area contributed by atoms with Gasteiger partial charge in [0.15, 0.2) is 0 Å². The Hall–Kier alpha value is -0.303. The molecular formula is C20H33ClO3SSi. The molecule has 26 heavy (non-hydrogen) atoms. The second-order valence-electron chi connectivity index (χ2n) is 5.88. The van der Waals surface area contributed by atoms with E-state index in [1.54, 1.807) is 11.8 Å². The van der Waals surface area contributed by atoms with Gasteiger partial charge < -0.3 is 13.3 Å². The van der Waals surface area contributed by atoms with E-state index in [4.69, 9.17) is 24.9 Å². The zero-order valence-electron chi connectivity index (χ0n) is 16.6. The lowest BCUT2D eigenvalue weighted by Crippen LogP contribution is -2.44. The van der Waals surface area contributed by atoms with E-state index in [0.717, 1.165) is 17.9 Å². The quantitative estimate of drug-likeness (QED) is 0.188. The Balaban J connectivity index is 3.03. The van der Waals surface area contributed by atoms with Gasteiger partial charge in [0, 0.05) is 29.7 Å². The molecule has 0 aromatic heterocycles. The van der Waals surface area contributed by atoms with Gasteiger partial charge in [0.2, 0.25) is 0 Å². The number of hydrogen-bond donors (Lipinski definition) is 0. The summed E-state index contributed by atoms with van der Waals surface area (Å²) in [7, 11) is -2.80. The van der Waals surface area contributed by atoms with Crippen LogP contribution in [0.4, 0.5) is 0 Å². The van der Waals surface area contributed by atoms with Gasteiger partial charge in [0.1, 0.15) is 0 Å². The maximum Gasteiger partial charge on any atom is 0.530 e. The topological polar surface area (TPSA) is 27.7 Å². The maximum atomic E-state index is 6.02. The Labute approximate surface area is 169 Å². The maximum absolute atomic E-state index is 6.02. The summed E-state index contributed by atoms with van der Waals surface area (Å²) in [5.41, 5.74) is 2.15. The number of rotatable bonds is 14. The van der Waals surface area contributed by atoms with Crippen LogP contribution < -0.4 is 0 Å². The number of benzene rings is 1. The summed E-state index contributed by atoms with van der Waals surface area (Å²) in [6.07, 6.45) is 5.91. The van der Waals surface area contributed by atoms with Crippen molar-refractivity contribution in [2.45, 2.75) is 64.7 Å². The van der Waals surface area contributed by atoms with Gasteiger partial charge in [-0.05, 0) is 68.5 Å². The first-order valence-corrected chi connectivity index (χ1v) is 12.7. The van der Waals surface area contributed by atoms with E-state index in [1.165, 1.54) is 29.1 Å². The molecule has 0 N–H and O–H groups in total. The summed E-state index contributed by atoms with van der Waals surface area (Å²) >= 11 is 7.78. The number of halogens is 1. The van der Waals surface area contributed by atoms with Gasteiger partial charge in [-0.2, -0.15) is 0 Å². The summed E-state index contributed by atoms with van der Waals surface area (Å²) < 4.78 is 18.0. The van der Waals surface area contributed by atoms with Gasteiger partial charge in [-0.1, -0.05) is 49.5 Å². The van der Waals surface area contributed by atoms with Gasteiger partial charge >= 0.3 is 8.80 Å². The minimum absolute atomic E-state index is 0.581. The molecule has 0 aliphatic carbocycles. The lowest BCUT2D eigenvalue weighted by molar-refractivity contribution is 0.0841. The lowest BCUT2D eigenvalue weighted by atomic mass is 10.1. The zero-order valence-corrected chi connectivity index (χ0v) is 19.1. The molecule has 0 bridgehead atoms. The van der Waals surface area contributed by atoms with Gasteiger partial charge in [-0.25, -0.2) is 0 Å². The molecule has 1 rings (SSSR count). The highest BCUT2D eigenvalue weighted by atomic mass is 35.5. The van der Waals surface area contributed by atoms with Gasteiger partial charge in [0.25, 0.3) is 0 Å². The van der Waals surface area contributed by atoms with Crippen LogP contribution in [-0.4, -0.2) is 28.6 Å². The van der Waals surface area contributed by atoms with Crippen molar-refractivity contribution in [3.63, 3.8) is 0 Å². The Morgan fingerprint density at radius 3 is 2.00 bits per heavy atom. The molecule has 1 aromatic rings. The summed E-state index contributed by atoms with van der Waals surface area (Å²) in [6.45, 7) is 9.94. The number of hydrogen-bond acceptors (Lipinski definition) is 4. The Morgan fingerprint density at radius 2 is 1.50 bits per heavy atom. The van der Waals surface area contributed by atoms with Crippen LogP contribution in [0.2, 0.25) is 5.02 Å². The first kappa shape index (κ1) is 23.7. The molecule has 0 radical (unpaired) electrons. The monoisotopic (exact) mass is 416 g/mol. The number of thioether (sulfide) groups is 1. The van der Waals surface area contributed by atoms with E-state index in [2.05, 4.69) is 24.8 Å². The lowest BCUT2D eigenvalue weighted by Gasteiger charge is -2.26. The van der Waals surface area contributed by atoms with E-state index in [1.807, 2.05) is 32.9 Å². The Bertz CT molecular complexity index is 505. The van der Waals surface area contributed by atoms with Crippen molar-refractivity contribution in [3.05, 3.63) is 39.9 Å². The minimum atomic E-state index is -2.80. The molecule has 0 spiro atoms. The van der Waals surface area contributed by atoms with E-state index >= 15 is 0 Å². The fourth-order valence-corrected chi connectivity index (χ4v) is 6.45. The fraction of sp³-hybridized carbons (Fsp3) is 0.600. The van der Waals surface area contributed by atoms with E-state index < -0.39 is 8.80 Å². The SMILES string of the molecule is CCCCCC/C(=C/[Si](OCC)(OCC)OCC)Sc1ccc(Cl)cc1. The van der Waals surface area contributed by atoms with Gasteiger partial charge in [-0.15, -0.1) is 0 Å². The summed E-state index contributed by atoms with van der Waals surface area (Å²) in [5, 5.41) is 0.754. The van der Waals surface area contributed by atoms with Crippen LogP contribution >= 0.6 is 23.4 Å². The van der Waals surface area contributed by atoms with E-state index in [0.29, 0.717) is 19.8 Å². The first-order valence-electron chi connectivity index (χ1n) is 9.66. The molecule has 0 heterocycles. The predicted molar refractivity (Wildman–Crippen MR) is 115 cm³/mol. The standard InChI is InChI=1S/C20H33ClO3SSi/c1-5-9-10-11-12-20(25-19-15-13-18(21)14-16-19)17-26(22-6-2,23-7-3)24-8-4/h13-17H,5-12H2,1-4H3/b20-17-. The molecule has 0 atom stereocenters. The molecule has 0 saturated carbocycles. The molecule has 0 saturated heterocycles. The summed E-state index contributed by atoms with van der Waals surface area (Å²) in [6, 6.07) is 7.96. The molecular weight excluding hydrogens is 384 g/mol. The molecule has 6 heteroatoms. The molecule has 0 fully saturated rings. The van der Waals surface area contributed by atoms with Crippen LogP contribution in [0.15, 0.2) is 39.8 Å². The van der Waals surface area contributed by atoms with Crippen molar-refractivity contribution in [2.24, 2.45) is 0 Å². The fourth-order valence-electron chi connectivity index (χ4n) is 2.58. The third kappa shape index (κ3) is 9.06. The van der Waals surface area contributed by atoms with Crippen molar-refractivity contribution < 1.29 is 13.3 Å². The van der Waals surface area contributed by atoms with Crippen LogP contribution in [0.3, 0.4) is 0 Å². The second-order valence-corrected chi connectivity index (χ2v) is 9.88. The molecule has 1 aromatic carbocycles. The second kappa shape index (κ2) is 13.8. The van der Waals surface area contributed by atoms with Crippen molar-refractivity contribution >= 4 is 32.2 Å². The van der Waals surface area contributed by atoms with Crippen LogP contribution in [0.1, 0.15) is 59.8 Å². The highest BCUT2D eigenvalue weighted by Crippen LogP contribution is 2.33. The zero-order chi connectivity index (χ0) is 19.3. The average molecular weight is 417 g/mol. The minimum Gasteiger partial charge on any atom is -0.371 e. The van der Waals surface area contributed by atoms with Gasteiger partial charge in [0.05, 0.1) is 0 Å². The van der Waals surface area contributed by atoms with Crippen molar-refractivity contribution in [2.75, 3.05) is 19.8 Å². The normalized spacial score (nSPS) is 12.6. The summed E-state index contributed by atoms with van der Waals surface area (Å²) in [5.74, 6) is 0. The average Bonchev–Trinajstić information content (AvgIpc) is 2.61. The number of unbranched alkanes of at least 4 members (excludes halogenated alkanes) is 3. The molecule has 0 aliphatic heterocycles. The molecule has 0 amide bonds. The predicted octanol–water partition coefficient (Wildman–Crippen LogP) is 6.87. The molecule has 148 valence electrons. The van der Waals surface area contributed by atoms with Crippen LogP contribution in [0, 0.1) is 0 Å². The van der Waals surface area contributed by atoms with Crippen molar-refractivity contribution in [1.82, 2.24) is 0 Å². The first-order chi connectivity index (χ1) is 12.6. The highest BCUT2D eigenvalue weighted by molar-refractivity contribution is 8.03. The third-order valence-corrected chi connectivity index (χ3v) is 8.04. The van der Waals surface area contributed by atoms with Crippen molar-refractivity contribution in [3.8, 4) is 0 Å². The van der Waals surface area contributed by atoms with Crippen molar-refractivity contribution in [1.29, 1.82) is 0 Å². The van der Waals surface area contributed by atoms with E-state index in [-0.39, 0.29) is 0 Å². The smallest absolute Gasteiger partial charge is 0.371 e. The Morgan fingerprint density at radius 1 is 0.923 bits per heavy atom. The Kier molecular flexibility index (Phi) is 12.6. The third-order valence-electron chi connectivity index (χ3n) is 3.71. The van der Waals surface area contributed by atoms with Crippen LogP contribution in [-0.2, 0) is 13.3 Å². The van der Waals surface area contributed by atoms with Crippen LogP contribution in [0.25, 0.3) is 0 Å². The molecule has 3 nitrogen and oxygen atoms in total. The molecule has 0 unspecified atom stereocenters. The number of allylic oxidation sites excluding steroid dienone is 1. The van der Waals surface area contributed by atoms with Crippen LogP contribution in [0.5, 0.6) is 0 Å². The molecule has 0 aliphatic rings. The summed E-state index contributed by atoms with van der Waals surface area (Å²) in [4.78, 5) is 2.42. The largest absolute Gasteiger partial charge is 0.530 e. The van der Waals surface area contributed by atoms with E-state index in [9.17, 15) is 0 Å².